The molecule has 2 aromatic heterocycles. The molecule has 0 spiro atoms. The summed E-state index contributed by atoms with van der Waals surface area (Å²) in [4.78, 5) is 52.8. The molecule has 3 heterocycles. The van der Waals surface area contributed by atoms with Gasteiger partial charge in [0.25, 0.3) is 0 Å². The number of piperazine rings is 1. The summed E-state index contributed by atoms with van der Waals surface area (Å²) in [6, 6.07) is 13.5. The third kappa shape index (κ3) is 10.2. The molecule has 44 heavy (non-hydrogen) atoms. The van der Waals surface area contributed by atoms with Crippen LogP contribution in [0.1, 0.15) is 32.8 Å². The average molecular weight is 605 g/mol. The lowest BCUT2D eigenvalue weighted by molar-refractivity contribution is -0.149. The number of amides is 2. The van der Waals surface area contributed by atoms with Crippen LogP contribution in [0.2, 0.25) is 0 Å². The Kier molecular flexibility index (Phi) is 11.0. The van der Waals surface area contributed by atoms with Gasteiger partial charge in [-0.05, 0) is 63.1 Å². The molecule has 13 nitrogen and oxygen atoms in total. The number of rotatable bonds is 12. The number of nitrogens with one attached hydrogen (secondary N) is 3. The van der Waals surface area contributed by atoms with E-state index in [-0.39, 0.29) is 19.0 Å². The summed E-state index contributed by atoms with van der Waals surface area (Å²) in [5.74, 6) is 0.667. The van der Waals surface area contributed by atoms with Crippen molar-refractivity contribution in [2.45, 2.75) is 39.3 Å². The molecule has 3 N–H and O–H groups in total. The zero-order valence-electron chi connectivity index (χ0n) is 25.6. The lowest BCUT2D eigenvalue weighted by atomic mass is 10.1. The Labute approximate surface area is 257 Å². The molecule has 13 heteroatoms. The van der Waals surface area contributed by atoms with Crippen LogP contribution < -0.4 is 16.0 Å². The second-order valence-electron chi connectivity index (χ2n) is 11.3. The van der Waals surface area contributed by atoms with Gasteiger partial charge < -0.3 is 30.3 Å². The largest absolute Gasteiger partial charge is 0.468 e. The third-order valence-electron chi connectivity index (χ3n) is 6.58. The number of aromatic nitrogens is 3. The second-order valence-corrected chi connectivity index (χ2v) is 11.3. The molecule has 0 aliphatic carbocycles. The van der Waals surface area contributed by atoms with E-state index in [0.29, 0.717) is 38.7 Å². The maximum atomic E-state index is 12.5. The number of carbonyl (C=O) groups excluding carboxylic acids is 3. The Balaban J connectivity index is 1.26. The van der Waals surface area contributed by atoms with E-state index in [9.17, 15) is 14.4 Å². The number of esters is 1. The van der Waals surface area contributed by atoms with E-state index in [1.165, 1.54) is 12.0 Å². The summed E-state index contributed by atoms with van der Waals surface area (Å²) >= 11 is 0. The zero-order chi connectivity index (χ0) is 31.5. The van der Waals surface area contributed by atoms with Crippen LogP contribution in [0.4, 0.5) is 22.2 Å². The molecule has 3 aromatic rings. The Morgan fingerprint density at radius 3 is 2.61 bits per heavy atom. The van der Waals surface area contributed by atoms with Crippen molar-refractivity contribution < 1.29 is 23.9 Å². The predicted molar refractivity (Wildman–Crippen MR) is 166 cm³/mol. The smallest absolute Gasteiger partial charge is 0.407 e. The van der Waals surface area contributed by atoms with Crippen LogP contribution in [-0.2, 0) is 25.6 Å². The number of carbonyl (C=O) groups is 3. The maximum Gasteiger partial charge on any atom is 0.407 e. The van der Waals surface area contributed by atoms with E-state index < -0.39 is 17.7 Å². The minimum atomic E-state index is -0.518. The lowest BCUT2D eigenvalue weighted by Crippen LogP contribution is -2.51. The molecule has 2 amide bonds. The molecule has 0 atom stereocenters. The van der Waals surface area contributed by atoms with E-state index >= 15 is 0 Å². The van der Waals surface area contributed by atoms with Gasteiger partial charge in [-0.25, -0.2) is 19.7 Å². The SMILES string of the molecule is COC(=O)CN1CCN(Cc2cccc(Nc3nccc(-c4ccc(NCCCNC(=O)OC(C)(C)C)nc4)n3)c2)CC1=O. The average Bonchev–Trinajstić information content (AvgIpc) is 2.98. The number of ether oxygens (including phenoxy) is 2. The Morgan fingerprint density at radius 1 is 1.05 bits per heavy atom. The highest BCUT2D eigenvalue weighted by Crippen LogP contribution is 2.21. The highest BCUT2D eigenvalue weighted by atomic mass is 16.6. The first-order valence-electron chi connectivity index (χ1n) is 14.5. The summed E-state index contributed by atoms with van der Waals surface area (Å²) in [5.41, 5.74) is 2.91. The van der Waals surface area contributed by atoms with Gasteiger partial charge in [-0.2, -0.15) is 0 Å². The van der Waals surface area contributed by atoms with Gasteiger partial charge >= 0.3 is 12.1 Å². The molecule has 1 aromatic carbocycles. The number of hydrogen-bond acceptors (Lipinski definition) is 11. The zero-order valence-corrected chi connectivity index (χ0v) is 25.6. The molecular weight excluding hydrogens is 564 g/mol. The summed E-state index contributed by atoms with van der Waals surface area (Å²) in [6.45, 7) is 8.59. The van der Waals surface area contributed by atoms with Crippen molar-refractivity contribution in [3.63, 3.8) is 0 Å². The van der Waals surface area contributed by atoms with Crippen molar-refractivity contribution in [1.82, 2.24) is 30.1 Å². The summed E-state index contributed by atoms with van der Waals surface area (Å²) in [6.07, 6.45) is 3.74. The molecule has 0 radical (unpaired) electrons. The Morgan fingerprint density at radius 2 is 1.89 bits per heavy atom. The van der Waals surface area contributed by atoms with Crippen LogP contribution in [0.5, 0.6) is 0 Å². The maximum absolute atomic E-state index is 12.5. The van der Waals surface area contributed by atoms with Crippen LogP contribution in [-0.4, -0.2) is 94.7 Å². The number of methoxy groups -OCH3 is 1. The third-order valence-corrected chi connectivity index (χ3v) is 6.58. The monoisotopic (exact) mass is 604 g/mol. The number of hydrogen-bond donors (Lipinski definition) is 3. The first-order valence-corrected chi connectivity index (χ1v) is 14.5. The number of alkyl carbamates (subject to hydrolysis) is 1. The van der Waals surface area contributed by atoms with Crippen LogP contribution in [0.15, 0.2) is 54.9 Å². The fourth-order valence-electron chi connectivity index (χ4n) is 4.45. The Hall–Kier alpha value is -4.78. The summed E-state index contributed by atoms with van der Waals surface area (Å²) in [7, 11) is 1.32. The van der Waals surface area contributed by atoms with Crippen molar-refractivity contribution in [3.05, 3.63) is 60.4 Å². The number of anilines is 3. The number of pyridine rings is 1. The van der Waals surface area contributed by atoms with Crippen molar-refractivity contribution in [3.8, 4) is 11.3 Å². The molecule has 0 unspecified atom stereocenters. The van der Waals surface area contributed by atoms with E-state index in [1.807, 2.05) is 63.2 Å². The summed E-state index contributed by atoms with van der Waals surface area (Å²) < 4.78 is 9.90. The van der Waals surface area contributed by atoms with Crippen molar-refractivity contribution in [1.29, 1.82) is 0 Å². The van der Waals surface area contributed by atoms with Crippen LogP contribution in [0.25, 0.3) is 11.3 Å². The van der Waals surface area contributed by atoms with Gasteiger partial charge in [-0.15, -0.1) is 0 Å². The van der Waals surface area contributed by atoms with Gasteiger partial charge in [0.1, 0.15) is 18.0 Å². The van der Waals surface area contributed by atoms with Crippen molar-refractivity contribution >= 4 is 35.4 Å². The van der Waals surface area contributed by atoms with E-state index in [2.05, 4.69) is 40.5 Å². The van der Waals surface area contributed by atoms with Gasteiger partial charge in [0.2, 0.25) is 11.9 Å². The minimum Gasteiger partial charge on any atom is -0.468 e. The number of nitrogens with zero attached hydrogens (tertiary/aromatic N) is 5. The van der Waals surface area contributed by atoms with Gasteiger partial charge in [0.15, 0.2) is 0 Å². The molecule has 1 aliphatic heterocycles. The normalized spacial score (nSPS) is 13.7. The van der Waals surface area contributed by atoms with Gasteiger partial charge in [-0.3, -0.25) is 14.5 Å². The minimum absolute atomic E-state index is 0.0185. The van der Waals surface area contributed by atoms with E-state index in [1.54, 1.807) is 12.4 Å². The molecule has 1 saturated heterocycles. The van der Waals surface area contributed by atoms with E-state index in [0.717, 1.165) is 34.7 Å². The van der Waals surface area contributed by atoms with Crippen LogP contribution in [0.3, 0.4) is 0 Å². The van der Waals surface area contributed by atoms with Gasteiger partial charge in [0.05, 0.1) is 19.3 Å². The molecule has 0 bridgehead atoms. The first-order chi connectivity index (χ1) is 21.1. The lowest BCUT2D eigenvalue weighted by Gasteiger charge is -2.33. The molecule has 1 fully saturated rings. The highest BCUT2D eigenvalue weighted by molar-refractivity contribution is 5.83. The second kappa shape index (κ2) is 15.1. The fraction of sp³-hybridized carbons (Fsp3) is 0.419. The van der Waals surface area contributed by atoms with Gasteiger partial charge in [0, 0.05) is 56.4 Å². The van der Waals surface area contributed by atoms with E-state index in [4.69, 9.17) is 4.74 Å². The van der Waals surface area contributed by atoms with Crippen LogP contribution in [0, 0.1) is 0 Å². The molecule has 0 saturated carbocycles. The van der Waals surface area contributed by atoms with Crippen molar-refractivity contribution in [2.24, 2.45) is 0 Å². The quantitative estimate of drug-likeness (QED) is 0.206. The topological polar surface area (TPSA) is 151 Å². The van der Waals surface area contributed by atoms with Gasteiger partial charge in [-0.1, -0.05) is 12.1 Å². The molecular formula is C31H40N8O5. The fourth-order valence-corrected chi connectivity index (χ4v) is 4.45. The molecule has 234 valence electrons. The predicted octanol–water partition coefficient (Wildman–Crippen LogP) is 3.43. The molecule has 4 rings (SSSR count). The van der Waals surface area contributed by atoms with Crippen LogP contribution >= 0.6 is 0 Å². The standard InChI is InChI=1S/C31H40N8O5/c1-31(2,3)44-30(42)34-13-6-12-32-26-10-9-23(18-35-26)25-11-14-33-29(37-25)36-24-8-5-7-22(17-24)19-38-15-16-39(27(40)20-38)21-28(41)43-4/h5,7-11,14,17-18H,6,12-13,15-16,19-21H2,1-4H3,(H,32,35)(H,34,42)(H,33,36,37). The Bertz CT molecular complexity index is 1430. The highest BCUT2D eigenvalue weighted by Gasteiger charge is 2.25. The number of benzene rings is 1. The first kappa shape index (κ1) is 32.1. The van der Waals surface area contributed by atoms with Crippen molar-refractivity contribution in [2.75, 3.05) is 57.0 Å². The molecule has 1 aliphatic rings. The summed E-state index contributed by atoms with van der Waals surface area (Å²) in [5, 5.41) is 9.25.